The highest BCUT2D eigenvalue weighted by molar-refractivity contribution is 7.60. The van der Waals surface area contributed by atoms with Gasteiger partial charge in [-0.3, -0.25) is 29.3 Å². The van der Waals surface area contributed by atoms with E-state index in [2.05, 4.69) is 15.4 Å². The van der Waals surface area contributed by atoms with E-state index in [1.807, 2.05) is 60.7 Å². The van der Waals surface area contributed by atoms with Gasteiger partial charge in [-0.15, -0.1) is 0 Å². The Labute approximate surface area is 262 Å². The average Bonchev–Trinajstić information content (AvgIpc) is 3.48. The molecule has 0 bridgehead atoms. The first kappa shape index (κ1) is 36.9. The molecule has 1 saturated heterocycles. The van der Waals surface area contributed by atoms with E-state index in [1.165, 1.54) is 4.90 Å². The van der Waals surface area contributed by atoms with E-state index in [1.54, 1.807) is 6.92 Å². The van der Waals surface area contributed by atoms with Crippen molar-refractivity contribution in [2.45, 2.75) is 63.1 Å². The van der Waals surface area contributed by atoms with Crippen molar-refractivity contribution in [2.75, 3.05) is 19.6 Å². The molecule has 0 saturated carbocycles. The summed E-state index contributed by atoms with van der Waals surface area (Å²) in [5.74, 6) is -2.92. The Hall–Kier alpha value is -4.26. The minimum absolute atomic E-state index is 0.0129. The van der Waals surface area contributed by atoms with Crippen LogP contribution in [0.4, 0.5) is 0 Å². The van der Waals surface area contributed by atoms with Crippen molar-refractivity contribution < 1.29 is 34.0 Å². The van der Waals surface area contributed by atoms with Crippen LogP contribution in [0.5, 0.6) is 0 Å². The number of hydrogen-bond acceptors (Lipinski definition) is 7. The molecule has 1 aliphatic rings. The summed E-state index contributed by atoms with van der Waals surface area (Å²) in [7, 11) is -3.06. The molecule has 0 unspecified atom stereocenters. The zero-order valence-corrected chi connectivity index (χ0v) is 26.3. The summed E-state index contributed by atoms with van der Waals surface area (Å²) in [6, 6.07) is 16.7. The summed E-state index contributed by atoms with van der Waals surface area (Å²) in [5.41, 5.74) is 17.1. The molecule has 1 heterocycles. The molecule has 0 radical (unpaired) electrons. The summed E-state index contributed by atoms with van der Waals surface area (Å²) >= 11 is 0. The van der Waals surface area contributed by atoms with E-state index in [-0.39, 0.29) is 11.9 Å². The molecule has 45 heavy (non-hydrogen) atoms. The second-order valence-electron chi connectivity index (χ2n) is 10.7. The maximum atomic E-state index is 14.0. The number of likely N-dealkylation sites (tertiary alicyclic amines) is 1. The van der Waals surface area contributed by atoms with Crippen LogP contribution in [-0.4, -0.2) is 82.6 Å². The van der Waals surface area contributed by atoms with E-state index in [9.17, 15) is 23.7 Å². The number of carbonyl (C=O) groups is 4. The van der Waals surface area contributed by atoms with Gasteiger partial charge in [0.15, 0.2) is 13.3 Å². The molecule has 15 heteroatoms. The smallest absolute Gasteiger partial charge is 0.322 e. The highest BCUT2D eigenvalue weighted by Crippen LogP contribution is 2.49. The van der Waals surface area contributed by atoms with Gasteiger partial charge in [-0.1, -0.05) is 60.7 Å². The third kappa shape index (κ3) is 13.5. The first-order chi connectivity index (χ1) is 21.3. The molecule has 2 aromatic rings. The Bertz CT molecular complexity index is 1300. The highest BCUT2D eigenvalue weighted by atomic mass is 31.2. The molecule has 14 nitrogen and oxygen atoms in total. The third-order valence-electron chi connectivity index (χ3n) is 6.90. The zero-order valence-electron chi connectivity index (χ0n) is 25.4. The molecule has 2 aromatic carbocycles. The Kier molecular flexibility index (Phi) is 15.2. The fourth-order valence-corrected chi connectivity index (χ4v) is 7.50. The van der Waals surface area contributed by atoms with Crippen molar-refractivity contribution in [2.24, 2.45) is 22.2 Å². The van der Waals surface area contributed by atoms with Gasteiger partial charge in [-0.25, -0.2) is 0 Å². The van der Waals surface area contributed by atoms with Crippen molar-refractivity contribution >= 4 is 37.0 Å². The van der Waals surface area contributed by atoms with Gasteiger partial charge >= 0.3 is 11.9 Å². The van der Waals surface area contributed by atoms with Gasteiger partial charge in [0.25, 0.3) is 0 Å². The van der Waals surface area contributed by atoms with Crippen LogP contribution in [-0.2, 0) is 36.1 Å². The SMILES string of the molecule is C[C@H](NP(=O)(Cc1ccccc1)Cc1ccccc1)C(=O)N1CCC[C@H]1C(=O)NCC(=O)O.NC(N)=NCCC[C@H](N)C(=O)O. The van der Waals surface area contributed by atoms with Crippen LogP contribution in [0.25, 0.3) is 0 Å². The first-order valence-electron chi connectivity index (χ1n) is 14.6. The second kappa shape index (κ2) is 18.5. The number of aliphatic imine (C=N–C) groups is 1. The topological polar surface area (TPSA) is 244 Å². The van der Waals surface area contributed by atoms with Crippen LogP contribution < -0.4 is 27.6 Å². The number of aliphatic carboxylic acids is 2. The van der Waals surface area contributed by atoms with Crippen molar-refractivity contribution in [1.29, 1.82) is 0 Å². The van der Waals surface area contributed by atoms with Gasteiger partial charge < -0.3 is 42.2 Å². The van der Waals surface area contributed by atoms with Crippen molar-refractivity contribution in [3.8, 4) is 0 Å². The zero-order chi connectivity index (χ0) is 33.4. The molecule has 1 fully saturated rings. The highest BCUT2D eigenvalue weighted by Gasteiger charge is 2.38. The monoisotopic (exact) mass is 645 g/mol. The maximum absolute atomic E-state index is 14.0. The number of hydrogen-bond donors (Lipinski definition) is 7. The lowest BCUT2D eigenvalue weighted by molar-refractivity contribution is -0.141. The Balaban J connectivity index is 0.000000498. The quantitative estimate of drug-likeness (QED) is 0.0629. The third-order valence-corrected chi connectivity index (χ3v) is 9.51. The minimum atomic E-state index is -3.06. The predicted octanol–water partition coefficient (Wildman–Crippen LogP) is 1.29. The van der Waals surface area contributed by atoms with Gasteiger partial charge in [0.05, 0.1) is 6.04 Å². The minimum Gasteiger partial charge on any atom is -0.480 e. The lowest BCUT2D eigenvalue weighted by Gasteiger charge is -2.29. The molecule has 246 valence electrons. The first-order valence-corrected chi connectivity index (χ1v) is 16.7. The lowest BCUT2D eigenvalue weighted by Crippen LogP contribution is -2.51. The standard InChI is InChI=1S/C24H30N3O5P.C6H14N4O2/c1-18(24(31)27-14-8-13-21(27)23(30)25-15-22(28)29)26-33(32,16-19-9-4-2-5-10-19)17-20-11-6-3-7-12-20;7-4(5(11)12)2-1-3-10-6(8)9/h2-7,9-12,18,21H,8,13-17H2,1H3,(H,25,30)(H,26,32)(H,28,29);4H,1-3,7H2,(H,11,12)(H4,8,9,10)/t18-,21-;4-/m00/s1. The number of nitrogens with one attached hydrogen (secondary N) is 2. The normalized spacial score (nSPS) is 15.6. The van der Waals surface area contributed by atoms with E-state index in [4.69, 9.17) is 27.4 Å². The number of amides is 2. The van der Waals surface area contributed by atoms with Crippen LogP contribution in [0.2, 0.25) is 0 Å². The molecule has 0 spiro atoms. The number of carbonyl (C=O) groups excluding carboxylic acids is 2. The van der Waals surface area contributed by atoms with Gasteiger partial charge in [-0.05, 0) is 43.7 Å². The number of guanidine groups is 1. The maximum Gasteiger partial charge on any atom is 0.322 e. The molecule has 0 aromatic heterocycles. The summed E-state index contributed by atoms with van der Waals surface area (Å²) in [6.07, 6.45) is 2.66. The van der Waals surface area contributed by atoms with Crippen molar-refractivity contribution in [3.05, 3.63) is 71.8 Å². The second-order valence-corrected chi connectivity index (χ2v) is 13.4. The number of nitrogens with zero attached hydrogens (tertiary/aromatic N) is 2. The van der Waals surface area contributed by atoms with Crippen molar-refractivity contribution in [3.63, 3.8) is 0 Å². The van der Waals surface area contributed by atoms with Crippen LogP contribution in [0.15, 0.2) is 65.7 Å². The van der Waals surface area contributed by atoms with Gasteiger partial charge in [-0.2, -0.15) is 0 Å². The number of rotatable bonds is 15. The van der Waals surface area contributed by atoms with Crippen LogP contribution in [0, 0.1) is 0 Å². The fourth-order valence-electron chi connectivity index (χ4n) is 4.79. The lowest BCUT2D eigenvalue weighted by atomic mass is 10.2. The van der Waals surface area contributed by atoms with E-state index in [0.29, 0.717) is 51.1 Å². The van der Waals surface area contributed by atoms with E-state index >= 15 is 0 Å². The number of benzene rings is 2. The predicted molar refractivity (Wildman–Crippen MR) is 171 cm³/mol. The van der Waals surface area contributed by atoms with E-state index < -0.39 is 49.8 Å². The van der Waals surface area contributed by atoms with E-state index in [0.717, 1.165) is 11.1 Å². The molecular formula is C30H44N7O7P. The van der Waals surface area contributed by atoms with Crippen LogP contribution >= 0.6 is 7.29 Å². The molecule has 0 aliphatic carbocycles. The molecular weight excluding hydrogens is 601 g/mol. The molecule has 10 N–H and O–H groups in total. The summed E-state index contributed by atoms with van der Waals surface area (Å²) < 4.78 is 14.0. The van der Waals surface area contributed by atoms with Gasteiger partial charge in [0, 0.05) is 25.4 Å². The molecule has 3 atom stereocenters. The molecule has 2 amide bonds. The van der Waals surface area contributed by atoms with Gasteiger partial charge in [0.2, 0.25) is 11.8 Å². The van der Waals surface area contributed by atoms with Crippen LogP contribution in [0.1, 0.15) is 43.7 Å². The summed E-state index contributed by atoms with van der Waals surface area (Å²) in [4.78, 5) is 51.8. The average molecular weight is 646 g/mol. The number of carboxylic acids is 2. The Morgan fingerprint density at radius 1 is 1.00 bits per heavy atom. The molecule has 3 rings (SSSR count). The molecule has 1 aliphatic heterocycles. The largest absolute Gasteiger partial charge is 0.480 e. The Morgan fingerprint density at radius 2 is 1.56 bits per heavy atom. The van der Waals surface area contributed by atoms with Crippen LogP contribution in [0.3, 0.4) is 0 Å². The number of carboxylic acid groups (broad SMARTS) is 2. The fraction of sp³-hybridized carbons (Fsp3) is 0.433. The Morgan fingerprint density at radius 3 is 2.04 bits per heavy atom. The van der Waals surface area contributed by atoms with Gasteiger partial charge in [0.1, 0.15) is 18.6 Å². The number of nitrogens with two attached hydrogens (primary N) is 3. The van der Waals surface area contributed by atoms with Crippen molar-refractivity contribution in [1.82, 2.24) is 15.3 Å². The summed E-state index contributed by atoms with van der Waals surface area (Å²) in [5, 5.41) is 22.7. The summed E-state index contributed by atoms with van der Waals surface area (Å²) in [6.45, 7) is 1.99.